The maximum absolute atomic E-state index is 8.91. The Morgan fingerprint density at radius 2 is 2.29 bits per heavy atom. The van der Waals surface area contributed by atoms with Crippen LogP contribution in [0.4, 0.5) is 5.69 Å². The van der Waals surface area contributed by atoms with Crippen LogP contribution in [0.15, 0.2) is 22.7 Å². The molecule has 1 heterocycles. The second-order valence-electron chi connectivity index (χ2n) is 4.28. The smallest absolute Gasteiger partial charge is 0.100 e. The molecule has 1 saturated heterocycles. The lowest BCUT2D eigenvalue weighted by atomic mass is 10.1. The van der Waals surface area contributed by atoms with E-state index in [1.807, 2.05) is 18.2 Å². The molecule has 1 aliphatic rings. The van der Waals surface area contributed by atoms with E-state index in [1.165, 1.54) is 5.69 Å². The van der Waals surface area contributed by atoms with Crippen molar-refractivity contribution in [1.82, 2.24) is 5.32 Å². The number of hydrogen-bond donors (Lipinski definition) is 1. The summed E-state index contributed by atoms with van der Waals surface area (Å²) in [5.41, 5.74) is 1.89. The SMILES string of the molecule is CCCN(c1ccc(C#N)c(Br)c1)C1CNC1. The molecule has 0 aliphatic carbocycles. The Morgan fingerprint density at radius 1 is 1.53 bits per heavy atom. The number of halogens is 1. The molecule has 3 nitrogen and oxygen atoms in total. The number of benzene rings is 1. The third-order valence-corrected chi connectivity index (χ3v) is 3.73. The first-order valence-corrected chi connectivity index (χ1v) is 6.72. The molecule has 1 aliphatic heterocycles. The molecular formula is C13H16BrN3. The number of nitrogens with zero attached hydrogens (tertiary/aromatic N) is 2. The molecule has 0 spiro atoms. The van der Waals surface area contributed by atoms with Crippen LogP contribution in [0.25, 0.3) is 0 Å². The number of nitriles is 1. The van der Waals surface area contributed by atoms with Crippen molar-refractivity contribution in [3.63, 3.8) is 0 Å². The fourth-order valence-corrected chi connectivity index (χ4v) is 2.49. The van der Waals surface area contributed by atoms with Crippen molar-refractivity contribution >= 4 is 21.6 Å². The molecule has 0 atom stereocenters. The Morgan fingerprint density at radius 3 is 2.76 bits per heavy atom. The van der Waals surface area contributed by atoms with E-state index in [0.717, 1.165) is 30.5 Å². The van der Waals surface area contributed by atoms with Gasteiger partial charge in [-0.05, 0) is 40.5 Å². The normalized spacial score (nSPS) is 15.1. The zero-order valence-corrected chi connectivity index (χ0v) is 11.5. The molecular weight excluding hydrogens is 278 g/mol. The lowest BCUT2D eigenvalue weighted by molar-refractivity contribution is 0.412. The van der Waals surface area contributed by atoms with Gasteiger partial charge in [0, 0.05) is 29.8 Å². The Balaban J connectivity index is 2.23. The standard InChI is InChI=1S/C13H16BrN3/c1-2-5-17(12-8-16-9-12)11-4-3-10(7-15)13(14)6-11/h3-4,6,12,16H,2,5,8-9H2,1H3. The number of rotatable bonds is 4. The van der Waals surface area contributed by atoms with Gasteiger partial charge in [0.2, 0.25) is 0 Å². The molecule has 0 amide bonds. The molecule has 0 saturated carbocycles. The topological polar surface area (TPSA) is 39.1 Å². The molecule has 0 bridgehead atoms. The zero-order valence-electron chi connectivity index (χ0n) is 9.91. The summed E-state index contributed by atoms with van der Waals surface area (Å²) in [6.45, 7) is 5.36. The van der Waals surface area contributed by atoms with Crippen LogP contribution in [0, 0.1) is 11.3 Å². The van der Waals surface area contributed by atoms with Gasteiger partial charge in [-0.25, -0.2) is 0 Å². The van der Waals surface area contributed by atoms with Crippen LogP contribution in [-0.4, -0.2) is 25.7 Å². The molecule has 2 rings (SSSR count). The van der Waals surface area contributed by atoms with Crippen LogP contribution in [0.2, 0.25) is 0 Å². The van der Waals surface area contributed by atoms with Gasteiger partial charge in [-0.3, -0.25) is 0 Å². The summed E-state index contributed by atoms with van der Waals surface area (Å²) in [4.78, 5) is 2.42. The van der Waals surface area contributed by atoms with Crippen molar-refractivity contribution in [1.29, 1.82) is 5.26 Å². The minimum atomic E-state index is 0.592. The molecule has 0 unspecified atom stereocenters. The second kappa shape index (κ2) is 5.52. The molecule has 1 fully saturated rings. The highest BCUT2D eigenvalue weighted by atomic mass is 79.9. The largest absolute Gasteiger partial charge is 0.366 e. The first kappa shape index (κ1) is 12.4. The minimum Gasteiger partial charge on any atom is -0.366 e. The predicted molar refractivity (Wildman–Crippen MR) is 73.2 cm³/mol. The first-order valence-electron chi connectivity index (χ1n) is 5.93. The average molecular weight is 294 g/mol. The maximum Gasteiger partial charge on any atom is 0.100 e. The summed E-state index contributed by atoms with van der Waals surface area (Å²) in [7, 11) is 0. The Kier molecular flexibility index (Phi) is 4.03. The van der Waals surface area contributed by atoms with Gasteiger partial charge < -0.3 is 10.2 Å². The monoisotopic (exact) mass is 293 g/mol. The molecule has 17 heavy (non-hydrogen) atoms. The maximum atomic E-state index is 8.91. The molecule has 1 N–H and O–H groups in total. The number of nitrogens with one attached hydrogen (secondary N) is 1. The summed E-state index contributed by atoms with van der Waals surface area (Å²) in [5.74, 6) is 0. The van der Waals surface area contributed by atoms with Crippen LogP contribution in [0.3, 0.4) is 0 Å². The summed E-state index contributed by atoms with van der Waals surface area (Å²) in [6.07, 6.45) is 1.13. The quantitative estimate of drug-likeness (QED) is 0.927. The molecule has 1 aromatic carbocycles. The van der Waals surface area contributed by atoms with E-state index in [4.69, 9.17) is 5.26 Å². The molecule has 4 heteroatoms. The van der Waals surface area contributed by atoms with Crippen molar-refractivity contribution < 1.29 is 0 Å². The molecule has 1 aromatic rings. The van der Waals surface area contributed by atoms with Crippen LogP contribution in [0.5, 0.6) is 0 Å². The number of hydrogen-bond acceptors (Lipinski definition) is 3. The third kappa shape index (κ3) is 2.62. The zero-order chi connectivity index (χ0) is 12.3. The van der Waals surface area contributed by atoms with Crippen LogP contribution < -0.4 is 10.2 Å². The second-order valence-corrected chi connectivity index (χ2v) is 5.14. The highest BCUT2D eigenvalue weighted by molar-refractivity contribution is 9.10. The fourth-order valence-electron chi connectivity index (χ4n) is 2.03. The van der Waals surface area contributed by atoms with Crippen LogP contribution >= 0.6 is 15.9 Å². The van der Waals surface area contributed by atoms with Gasteiger partial charge >= 0.3 is 0 Å². The lowest BCUT2D eigenvalue weighted by Crippen LogP contribution is -2.57. The third-order valence-electron chi connectivity index (χ3n) is 3.07. The van der Waals surface area contributed by atoms with E-state index >= 15 is 0 Å². The van der Waals surface area contributed by atoms with E-state index in [1.54, 1.807) is 0 Å². The summed E-state index contributed by atoms with van der Waals surface area (Å²) >= 11 is 3.45. The van der Waals surface area contributed by atoms with Gasteiger partial charge in [-0.1, -0.05) is 6.92 Å². The summed E-state index contributed by atoms with van der Waals surface area (Å²) in [6, 6.07) is 8.74. The van der Waals surface area contributed by atoms with Gasteiger partial charge in [0.05, 0.1) is 11.6 Å². The van der Waals surface area contributed by atoms with Gasteiger partial charge in [0.15, 0.2) is 0 Å². The average Bonchev–Trinajstić information content (AvgIpc) is 2.26. The molecule has 0 radical (unpaired) electrons. The van der Waals surface area contributed by atoms with Crippen molar-refractivity contribution in [3.05, 3.63) is 28.2 Å². The van der Waals surface area contributed by atoms with E-state index in [9.17, 15) is 0 Å². The summed E-state index contributed by atoms with van der Waals surface area (Å²) < 4.78 is 0.880. The van der Waals surface area contributed by atoms with Gasteiger partial charge in [-0.2, -0.15) is 5.26 Å². The highest BCUT2D eigenvalue weighted by Gasteiger charge is 2.24. The van der Waals surface area contributed by atoms with Gasteiger partial charge in [0.25, 0.3) is 0 Å². The number of anilines is 1. The Bertz CT molecular complexity index is 435. The minimum absolute atomic E-state index is 0.592. The van der Waals surface area contributed by atoms with Gasteiger partial charge in [-0.15, -0.1) is 0 Å². The van der Waals surface area contributed by atoms with E-state index in [2.05, 4.69) is 39.1 Å². The van der Waals surface area contributed by atoms with Crippen LogP contribution in [0.1, 0.15) is 18.9 Å². The van der Waals surface area contributed by atoms with Crippen molar-refractivity contribution in [2.24, 2.45) is 0 Å². The van der Waals surface area contributed by atoms with Crippen LogP contribution in [-0.2, 0) is 0 Å². The van der Waals surface area contributed by atoms with E-state index in [-0.39, 0.29) is 0 Å². The van der Waals surface area contributed by atoms with Gasteiger partial charge in [0.1, 0.15) is 6.07 Å². The molecule has 90 valence electrons. The Hall–Kier alpha value is -1.05. The Labute approximate surface area is 111 Å². The summed E-state index contributed by atoms with van der Waals surface area (Å²) in [5, 5.41) is 12.2. The van der Waals surface area contributed by atoms with E-state index in [0.29, 0.717) is 11.6 Å². The first-order chi connectivity index (χ1) is 8.26. The highest BCUT2D eigenvalue weighted by Crippen LogP contribution is 2.26. The van der Waals surface area contributed by atoms with Crippen molar-refractivity contribution in [2.45, 2.75) is 19.4 Å². The lowest BCUT2D eigenvalue weighted by Gasteiger charge is -2.40. The molecule has 0 aromatic heterocycles. The fraction of sp³-hybridized carbons (Fsp3) is 0.462. The van der Waals surface area contributed by atoms with Crippen molar-refractivity contribution in [2.75, 3.05) is 24.5 Å². The predicted octanol–water partition coefficient (Wildman–Crippen LogP) is 2.51. The van der Waals surface area contributed by atoms with Crippen molar-refractivity contribution in [3.8, 4) is 6.07 Å². The van der Waals surface area contributed by atoms with E-state index < -0.39 is 0 Å².